The van der Waals surface area contributed by atoms with E-state index in [1.807, 2.05) is 0 Å². The van der Waals surface area contributed by atoms with Gasteiger partial charge < -0.3 is 5.43 Å². The molecule has 0 atom stereocenters. The second-order valence-corrected chi connectivity index (χ2v) is 5.32. The van der Waals surface area contributed by atoms with Crippen molar-refractivity contribution in [2.24, 2.45) is 5.84 Å². The minimum atomic E-state index is -4.42. The van der Waals surface area contributed by atoms with E-state index in [2.05, 4.69) is 5.43 Å². The zero-order valence-electron chi connectivity index (χ0n) is 9.41. The maximum atomic E-state index is 12.6. The summed E-state index contributed by atoms with van der Waals surface area (Å²) in [5.41, 5.74) is 2.64. The number of anilines is 1. The molecule has 4 N–H and O–H groups in total. The Bertz CT molecular complexity index is 519. The number of hydrogen-bond acceptors (Lipinski definition) is 4. The summed E-state index contributed by atoms with van der Waals surface area (Å²) in [7, 11) is -4.28. The van der Waals surface area contributed by atoms with Crippen LogP contribution in [-0.2, 0) is 10.0 Å². The Kier molecular flexibility index (Phi) is 4.71. The topological polar surface area (TPSA) is 84.2 Å². The molecule has 10 heteroatoms. The van der Waals surface area contributed by atoms with Crippen molar-refractivity contribution in [1.82, 2.24) is 4.72 Å². The fourth-order valence-electron chi connectivity index (χ4n) is 1.08. The third kappa shape index (κ3) is 4.04. The summed E-state index contributed by atoms with van der Waals surface area (Å²) in [6.45, 7) is -1.68. The molecule has 19 heavy (non-hydrogen) atoms. The fourth-order valence-corrected chi connectivity index (χ4v) is 2.13. The van der Waals surface area contributed by atoms with E-state index < -0.39 is 28.9 Å². The van der Waals surface area contributed by atoms with Gasteiger partial charge in [-0.1, -0.05) is 0 Å². The molecule has 1 aromatic rings. The average molecular weight is 301 g/mol. The number of halogens is 4. The van der Waals surface area contributed by atoms with Crippen LogP contribution in [0.4, 0.5) is 23.2 Å². The van der Waals surface area contributed by atoms with E-state index in [0.29, 0.717) is 5.69 Å². The van der Waals surface area contributed by atoms with Crippen LogP contribution in [0, 0.1) is 0 Å². The fraction of sp³-hybridized carbons (Fsp3) is 0.333. The number of nitrogens with one attached hydrogen (secondary N) is 2. The van der Waals surface area contributed by atoms with Crippen molar-refractivity contribution < 1.29 is 26.0 Å². The molecule has 0 spiro atoms. The molecule has 0 heterocycles. The maximum Gasteiger partial charge on any atom is 0.320 e. The molecular formula is C9H11F4N3O2S. The van der Waals surface area contributed by atoms with Gasteiger partial charge in [0.15, 0.2) is 0 Å². The molecule has 0 amide bonds. The summed E-state index contributed by atoms with van der Waals surface area (Å²) in [6, 6.07) is 4.77. The van der Waals surface area contributed by atoms with Gasteiger partial charge in [0.05, 0.1) is 11.4 Å². The summed E-state index contributed by atoms with van der Waals surface area (Å²) < 4.78 is 73.5. The number of nitrogens with two attached hydrogens (primary N) is 1. The van der Waals surface area contributed by atoms with E-state index in [9.17, 15) is 26.0 Å². The molecule has 0 bridgehead atoms. The molecule has 1 aromatic carbocycles. The molecule has 0 saturated heterocycles. The quantitative estimate of drug-likeness (QED) is 0.418. The van der Waals surface area contributed by atoms with Gasteiger partial charge in [-0.25, -0.2) is 21.9 Å². The first-order chi connectivity index (χ1) is 8.69. The van der Waals surface area contributed by atoms with Crippen LogP contribution in [-0.4, -0.2) is 27.3 Å². The lowest BCUT2D eigenvalue weighted by molar-refractivity contribution is -0.122. The number of rotatable bonds is 6. The van der Waals surface area contributed by atoms with Crippen molar-refractivity contribution in [3.05, 3.63) is 24.3 Å². The van der Waals surface area contributed by atoms with E-state index in [0.717, 1.165) is 12.1 Å². The standard InChI is InChI=1S/C9H11F4N3O2S/c10-8(11)9(12,13)5-15-19(17,18)7-3-1-6(16-14)2-4-7/h1-4,8,15-16H,5,14H2. The highest BCUT2D eigenvalue weighted by Crippen LogP contribution is 2.22. The number of sulfonamides is 1. The van der Waals surface area contributed by atoms with Crippen LogP contribution in [0.2, 0.25) is 0 Å². The van der Waals surface area contributed by atoms with Gasteiger partial charge in [0.25, 0.3) is 0 Å². The Morgan fingerprint density at radius 3 is 2.16 bits per heavy atom. The van der Waals surface area contributed by atoms with Gasteiger partial charge in [-0.3, -0.25) is 5.84 Å². The third-order valence-corrected chi connectivity index (χ3v) is 3.57. The highest BCUT2D eigenvalue weighted by Gasteiger charge is 2.41. The molecule has 1 rings (SSSR count). The largest absolute Gasteiger partial charge is 0.324 e. The van der Waals surface area contributed by atoms with Crippen molar-refractivity contribution in [3.8, 4) is 0 Å². The summed E-state index contributed by atoms with van der Waals surface area (Å²) in [6.07, 6.45) is -3.95. The SMILES string of the molecule is NNc1ccc(S(=O)(=O)NCC(F)(F)C(F)F)cc1. The third-order valence-electron chi connectivity index (χ3n) is 2.15. The molecule has 0 aliphatic rings. The minimum Gasteiger partial charge on any atom is -0.324 e. The monoisotopic (exact) mass is 301 g/mol. The zero-order chi connectivity index (χ0) is 14.7. The second-order valence-electron chi connectivity index (χ2n) is 3.55. The molecule has 0 aliphatic carbocycles. The first kappa shape index (κ1) is 15.7. The summed E-state index contributed by atoms with van der Waals surface area (Å²) in [5.74, 6) is 0.636. The minimum absolute atomic E-state index is 0.337. The van der Waals surface area contributed by atoms with Crippen LogP contribution in [0.25, 0.3) is 0 Å². The molecule has 0 saturated carbocycles. The van der Waals surface area contributed by atoms with E-state index in [1.54, 1.807) is 0 Å². The summed E-state index contributed by atoms with van der Waals surface area (Å²) in [5, 5.41) is 0. The predicted octanol–water partition coefficient (Wildman–Crippen LogP) is 1.15. The van der Waals surface area contributed by atoms with Gasteiger partial charge in [0, 0.05) is 5.69 Å². The lowest BCUT2D eigenvalue weighted by atomic mass is 10.3. The number of hydrogen-bond donors (Lipinski definition) is 3. The van der Waals surface area contributed by atoms with Gasteiger partial charge in [-0.15, -0.1) is 0 Å². The van der Waals surface area contributed by atoms with Crippen LogP contribution >= 0.6 is 0 Å². The normalized spacial score (nSPS) is 12.7. The molecule has 0 aliphatic heterocycles. The van der Waals surface area contributed by atoms with Crippen molar-refractivity contribution in [2.75, 3.05) is 12.0 Å². The lowest BCUT2D eigenvalue weighted by Gasteiger charge is -2.16. The molecular weight excluding hydrogens is 290 g/mol. The maximum absolute atomic E-state index is 12.6. The summed E-state index contributed by atoms with van der Waals surface area (Å²) >= 11 is 0. The van der Waals surface area contributed by atoms with Crippen molar-refractivity contribution in [3.63, 3.8) is 0 Å². The Balaban J connectivity index is 2.81. The predicted molar refractivity (Wildman–Crippen MR) is 60.4 cm³/mol. The molecule has 108 valence electrons. The van der Waals surface area contributed by atoms with E-state index >= 15 is 0 Å². The first-order valence-electron chi connectivity index (χ1n) is 4.91. The number of alkyl halides is 4. The van der Waals surface area contributed by atoms with Gasteiger partial charge >= 0.3 is 12.3 Å². The Labute approximate surface area is 106 Å². The van der Waals surface area contributed by atoms with E-state index in [4.69, 9.17) is 5.84 Å². The highest BCUT2D eigenvalue weighted by molar-refractivity contribution is 7.89. The van der Waals surface area contributed by atoms with Crippen LogP contribution < -0.4 is 16.0 Å². The van der Waals surface area contributed by atoms with Crippen LogP contribution in [0.3, 0.4) is 0 Å². The highest BCUT2D eigenvalue weighted by atomic mass is 32.2. The Hall–Kier alpha value is -1.39. The van der Waals surface area contributed by atoms with Crippen LogP contribution in [0.5, 0.6) is 0 Å². The van der Waals surface area contributed by atoms with Gasteiger partial charge in [-0.2, -0.15) is 8.78 Å². The molecule has 0 radical (unpaired) electrons. The van der Waals surface area contributed by atoms with Crippen molar-refractivity contribution in [2.45, 2.75) is 17.2 Å². The van der Waals surface area contributed by atoms with E-state index in [1.165, 1.54) is 16.9 Å². The lowest BCUT2D eigenvalue weighted by Crippen LogP contribution is -2.41. The van der Waals surface area contributed by atoms with Gasteiger partial charge in [0.2, 0.25) is 10.0 Å². The number of benzene rings is 1. The van der Waals surface area contributed by atoms with E-state index in [-0.39, 0.29) is 4.90 Å². The molecule has 0 fully saturated rings. The van der Waals surface area contributed by atoms with Crippen LogP contribution in [0.1, 0.15) is 0 Å². The Morgan fingerprint density at radius 2 is 1.74 bits per heavy atom. The smallest absolute Gasteiger partial charge is 0.320 e. The van der Waals surface area contributed by atoms with Crippen molar-refractivity contribution in [1.29, 1.82) is 0 Å². The first-order valence-corrected chi connectivity index (χ1v) is 6.39. The van der Waals surface area contributed by atoms with Crippen LogP contribution in [0.15, 0.2) is 29.2 Å². The Morgan fingerprint density at radius 1 is 1.21 bits per heavy atom. The molecule has 0 unspecified atom stereocenters. The second kappa shape index (κ2) is 5.72. The summed E-state index contributed by atoms with van der Waals surface area (Å²) in [4.78, 5) is -0.337. The number of hydrazine groups is 1. The van der Waals surface area contributed by atoms with Crippen molar-refractivity contribution >= 4 is 15.7 Å². The van der Waals surface area contributed by atoms with Gasteiger partial charge in [-0.05, 0) is 24.3 Å². The average Bonchev–Trinajstić information content (AvgIpc) is 2.36. The van der Waals surface area contributed by atoms with Gasteiger partial charge in [0.1, 0.15) is 0 Å². The zero-order valence-corrected chi connectivity index (χ0v) is 10.2. The molecule has 5 nitrogen and oxygen atoms in total. The molecule has 0 aromatic heterocycles. The number of nitrogen functional groups attached to an aromatic ring is 1.